The third kappa shape index (κ3) is 5.83. The van der Waals surface area contributed by atoms with Crippen LogP contribution in [0.4, 0.5) is 10.3 Å². The third-order valence-corrected chi connectivity index (χ3v) is 5.31. The number of thioether (sulfide) groups is 1. The molecule has 9 heteroatoms. The fourth-order valence-corrected chi connectivity index (χ4v) is 3.70. The van der Waals surface area contributed by atoms with Crippen LogP contribution in [-0.4, -0.2) is 64.6 Å². The number of hydrogen-bond donors (Lipinski definition) is 1. The van der Waals surface area contributed by atoms with Gasteiger partial charge in [-0.1, -0.05) is 25.6 Å². The molecular formula is C19H27FN4O3S. The van der Waals surface area contributed by atoms with E-state index in [2.05, 4.69) is 33.5 Å². The molecular weight excluding hydrogens is 383 g/mol. The number of aliphatic hydroxyl groups excluding tert-OH is 1. The van der Waals surface area contributed by atoms with Crippen LogP contribution in [0.2, 0.25) is 0 Å². The second-order valence-electron chi connectivity index (χ2n) is 7.12. The molecule has 3 rings (SSSR count). The number of aromatic nitrogens is 3. The number of hydrogen-bond acceptors (Lipinski definition) is 7. The maximum Gasteiger partial charge on any atom is 0.228 e. The van der Waals surface area contributed by atoms with E-state index in [4.69, 9.17) is 9.47 Å². The summed E-state index contributed by atoms with van der Waals surface area (Å²) in [7, 11) is 0. The molecule has 0 amide bonds. The lowest BCUT2D eigenvalue weighted by Gasteiger charge is -2.28. The molecule has 154 valence electrons. The van der Waals surface area contributed by atoms with Crippen LogP contribution in [0, 0.1) is 11.7 Å². The Labute approximate surface area is 168 Å². The van der Waals surface area contributed by atoms with E-state index in [0.29, 0.717) is 30.6 Å². The highest BCUT2D eigenvalue weighted by molar-refractivity contribution is 7.99. The summed E-state index contributed by atoms with van der Waals surface area (Å²) in [6.07, 6.45) is -0.675. The van der Waals surface area contributed by atoms with Gasteiger partial charge in [0.25, 0.3) is 0 Å². The molecule has 1 aliphatic heterocycles. The lowest BCUT2D eigenvalue weighted by atomic mass is 10.2. The first-order valence-electron chi connectivity index (χ1n) is 9.48. The molecule has 2 aromatic rings. The van der Waals surface area contributed by atoms with Gasteiger partial charge in [-0.15, -0.1) is 10.2 Å². The van der Waals surface area contributed by atoms with Crippen LogP contribution in [0.5, 0.6) is 5.75 Å². The Hall–Kier alpha value is -1.84. The standard InChI is InChI=1S/C19H27FN4O3S/c1-14(2)11-24-18(23-7-9-26-10-8-23)21-22-19(24)28-13-16(25)12-27-17-5-3-15(20)4-6-17/h3-6,14,16,25H,7-13H2,1-2H3/t16-/m0/s1. The minimum Gasteiger partial charge on any atom is -0.491 e. The Balaban J connectivity index is 1.57. The van der Waals surface area contributed by atoms with Crippen molar-refractivity contribution in [3.05, 3.63) is 30.1 Å². The van der Waals surface area contributed by atoms with Gasteiger partial charge < -0.3 is 19.5 Å². The van der Waals surface area contributed by atoms with Gasteiger partial charge in [0.05, 0.1) is 19.3 Å². The Morgan fingerprint density at radius 1 is 1.21 bits per heavy atom. The van der Waals surface area contributed by atoms with Crippen molar-refractivity contribution in [2.45, 2.75) is 31.7 Å². The predicted octanol–water partition coefficient (Wildman–Crippen LogP) is 2.44. The lowest BCUT2D eigenvalue weighted by Crippen LogP contribution is -2.38. The van der Waals surface area contributed by atoms with E-state index in [1.807, 2.05) is 0 Å². The number of morpholine rings is 1. The van der Waals surface area contributed by atoms with Gasteiger partial charge in [0, 0.05) is 25.4 Å². The van der Waals surface area contributed by atoms with E-state index in [-0.39, 0.29) is 12.4 Å². The number of rotatable bonds is 9. The van der Waals surface area contributed by atoms with Crippen molar-refractivity contribution in [2.75, 3.05) is 43.6 Å². The van der Waals surface area contributed by atoms with Crippen LogP contribution in [-0.2, 0) is 11.3 Å². The molecule has 0 radical (unpaired) electrons. The Morgan fingerprint density at radius 2 is 1.93 bits per heavy atom. The Bertz CT molecular complexity index is 735. The number of anilines is 1. The van der Waals surface area contributed by atoms with Gasteiger partial charge in [0.2, 0.25) is 5.95 Å². The monoisotopic (exact) mass is 410 g/mol. The van der Waals surface area contributed by atoms with Crippen LogP contribution in [0.25, 0.3) is 0 Å². The summed E-state index contributed by atoms with van der Waals surface area (Å²) in [4.78, 5) is 2.19. The van der Waals surface area contributed by atoms with Crippen LogP contribution in [0.15, 0.2) is 29.4 Å². The van der Waals surface area contributed by atoms with Gasteiger partial charge in [-0.25, -0.2) is 4.39 Å². The molecule has 7 nitrogen and oxygen atoms in total. The van der Waals surface area contributed by atoms with E-state index >= 15 is 0 Å². The first-order chi connectivity index (χ1) is 13.5. The van der Waals surface area contributed by atoms with E-state index in [1.165, 1.54) is 23.9 Å². The first-order valence-corrected chi connectivity index (χ1v) is 10.5. The van der Waals surface area contributed by atoms with Crippen LogP contribution >= 0.6 is 11.8 Å². The van der Waals surface area contributed by atoms with E-state index in [9.17, 15) is 9.50 Å². The van der Waals surface area contributed by atoms with Gasteiger partial charge in [-0.3, -0.25) is 4.57 Å². The van der Waals surface area contributed by atoms with Gasteiger partial charge >= 0.3 is 0 Å². The zero-order chi connectivity index (χ0) is 19.9. The fraction of sp³-hybridized carbons (Fsp3) is 0.579. The number of ether oxygens (including phenoxy) is 2. The van der Waals surface area contributed by atoms with E-state index < -0.39 is 6.10 Å². The number of benzene rings is 1. The topological polar surface area (TPSA) is 72.6 Å². The third-order valence-electron chi connectivity index (χ3n) is 4.20. The van der Waals surface area contributed by atoms with Crippen LogP contribution in [0.1, 0.15) is 13.8 Å². The van der Waals surface area contributed by atoms with Crippen molar-refractivity contribution in [3.8, 4) is 5.75 Å². The van der Waals surface area contributed by atoms with Crippen LogP contribution < -0.4 is 9.64 Å². The highest BCUT2D eigenvalue weighted by Gasteiger charge is 2.21. The fourth-order valence-electron chi connectivity index (χ4n) is 2.85. The van der Waals surface area contributed by atoms with Gasteiger partial charge in [0.15, 0.2) is 5.16 Å². The maximum absolute atomic E-state index is 12.9. The molecule has 0 unspecified atom stereocenters. The average Bonchev–Trinajstić information content (AvgIpc) is 3.08. The van der Waals surface area contributed by atoms with Crippen molar-refractivity contribution >= 4 is 17.7 Å². The number of halogens is 1. The molecule has 28 heavy (non-hydrogen) atoms. The summed E-state index contributed by atoms with van der Waals surface area (Å²) < 4.78 is 26.0. The number of aliphatic hydroxyl groups is 1. The highest BCUT2D eigenvalue weighted by atomic mass is 32.2. The Morgan fingerprint density at radius 3 is 2.61 bits per heavy atom. The van der Waals surface area contributed by atoms with Crippen LogP contribution in [0.3, 0.4) is 0 Å². The maximum atomic E-state index is 12.9. The van der Waals surface area contributed by atoms with Crippen molar-refractivity contribution in [2.24, 2.45) is 5.92 Å². The second kappa shape index (κ2) is 10.1. The van der Waals surface area contributed by atoms with Crippen molar-refractivity contribution in [1.82, 2.24) is 14.8 Å². The second-order valence-corrected chi connectivity index (χ2v) is 8.10. The molecule has 0 spiro atoms. The summed E-state index contributed by atoms with van der Waals surface area (Å²) in [5.74, 6) is 1.95. The van der Waals surface area contributed by atoms with Gasteiger partial charge in [-0.05, 0) is 30.2 Å². The van der Waals surface area contributed by atoms with E-state index in [0.717, 1.165) is 30.7 Å². The molecule has 1 saturated heterocycles. The minimum atomic E-state index is -0.675. The first kappa shape index (κ1) is 20.9. The molecule has 1 fully saturated rings. The van der Waals surface area contributed by atoms with Gasteiger partial charge in [0.1, 0.15) is 18.2 Å². The zero-order valence-electron chi connectivity index (χ0n) is 16.3. The average molecular weight is 411 g/mol. The van der Waals surface area contributed by atoms with Crippen molar-refractivity contribution in [1.29, 1.82) is 0 Å². The minimum absolute atomic E-state index is 0.132. The summed E-state index contributed by atoms with van der Waals surface area (Å²) >= 11 is 1.46. The molecule has 0 saturated carbocycles. The molecule has 1 aromatic heterocycles. The summed E-state index contributed by atoms with van der Waals surface area (Å²) in [6, 6.07) is 5.75. The predicted molar refractivity (Wildman–Crippen MR) is 107 cm³/mol. The quantitative estimate of drug-likeness (QED) is 0.637. The normalized spacial score (nSPS) is 15.8. The zero-order valence-corrected chi connectivity index (χ0v) is 17.1. The molecule has 1 aliphatic rings. The SMILES string of the molecule is CC(C)Cn1c(SC[C@@H](O)COc2ccc(F)cc2)nnc1N1CCOCC1. The smallest absolute Gasteiger partial charge is 0.228 e. The number of nitrogens with zero attached hydrogens (tertiary/aromatic N) is 4. The Kier molecular flexibility index (Phi) is 7.52. The van der Waals surface area contributed by atoms with Crippen molar-refractivity contribution < 1.29 is 19.0 Å². The molecule has 1 N–H and O–H groups in total. The molecule has 1 aromatic carbocycles. The molecule has 0 aliphatic carbocycles. The summed E-state index contributed by atoms with van der Waals surface area (Å²) in [5, 5.41) is 19.8. The van der Waals surface area contributed by atoms with Crippen molar-refractivity contribution in [3.63, 3.8) is 0 Å². The van der Waals surface area contributed by atoms with E-state index in [1.54, 1.807) is 12.1 Å². The summed E-state index contributed by atoms with van der Waals surface area (Å²) in [6.45, 7) is 8.24. The molecule has 1 atom stereocenters. The summed E-state index contributed by atoms with van der Waals surface area (Å²) in [5.41, 5.74) is 0. The highest BCUT2D eigenvalue weighted by Crippen LogP contribution is 2.25. The lowest BCUT2D eigenvalue weighted by molar-refractivity contribution is 0.121. The largest absolute Gasteiger partial charge is 0.491 e. The molecule has 2 heterocycles. The van der Waals surface area contributed by atoms with Gasteiger partial charge in [-0.2, -0.15) is 0 Å². The molecule has 0 bridgehead atoms.